The summed E-state index contributed by atoms with van der Waals surface area (Å²) in [5, 5.41) is 9.07. The van der Waals surface area contributed by atoms with Crippen molar-refractivity contribution in [2.75, 3.05) is 6.61 Å². The van der Waals surface area contributed by atoms with E-state index in [1.807, 2.05) is 24.3 Å². The highest BCUT2D eigenvalue weighted by Crippen LogP contribution is 2.63. The van der Waals surface area contributed by atoms with Crippen LogP contribution in [-0.4, -0.2) is 17.6 Å². The number of primary amides is 1. The molecule has 0 spiro atoms. The van der Waals surface area contributed by atoms with Crippen LogP contribution in [0.4, 0.5) is 0 Å². The summed E-state index contributed by atoms with van der Waals surface area (Å²) in [5.74, 6) is -0.256. The minimum Gasteiger partial charge on any atom is -0.396 e. The first-order chi connectivity index (χ1) is 7.17. The molecule has 3 nitrogen and oxygen atoms in total. The minimum atomic E-state index is -0.551. The van der Waals surface area contributed by atoms with Crippen molar-refractivity contribution in [3.8, 4) is 0 Å². The molecule has 0 aromatic rings. The van der Waals surface area contributed by atoms with Crippen molar-refractivity contribution >= 4 is 5.91 Å². The van der Waals surface area contributed by atoms with Crippen LogP contribution in [-0.2, 0) is 4.79 Å². The van der Waals surface area contributed by atoms with Crippen molar-refractivity contribution < 1.29 is 9.90 Å². The average Bonchev–Trinajstić information content (AvgIpc) is 3.00. The van der Waals surface area contributed by atoms with Gasteiger partial charge in [0.05, 0.1) is 5.41 Å². The first-order valence-electron chi connectivity index (χ1n) is 5.42. The fourth-order valence-corrected chi connectivity index (χ4v) is 2.74. The van der Waals surface area contributed by atoms with E-state index >= 15 is 0 Å². The van der Waals surface area contributed by atoms with Crippen LogP contribution in [0, 0.1) is 10.8 Å². The van der Waals surface area contributed by atoms with Crippen LogP contribution in [0.1, 0.15) is 25.7 Å². The average molecular weight is 207 g/mol. The molecule has 0 bridgehead atoms. The van der Waals surface area contributed by atoms with Gasteiger partial charge < -0.3 is 10.8 Å². The second-order valence-electron chi connectivity index (χ2n) is 4.58. The summed E-state index contributed by atoms with van der Waals surface area (Å²) in [6.45, 7) is 0.132. The monoisotopic (exact) mass is 207 g/mol. The van der Waals surface area contributed by atoms with Crippen LogP contribution in [0.3, 0.4) is 0 Å². The Hall–Kier alpha value is -1.09. The van der Waals surface area contributed by atoms with Crippen LogP contribution < -0.4 is 5.73 Å². The zero-order chi connectivity index (χ0) is 10.9. The van der Waals surface area contributed by atoms with E-state index in [1.54, 1.807) is 0 Å². The Morgan fingerprint density at radius 3 is 2.53 bits per heavy atom. The van der Waals surface area contributed by atoms with E-state index in [0.717, 1.165) is 12.8 Å². The lowest BCUT2D eigenvalue weighted by Gasteiger charge is -2.36. The van der Waals surface area contributed by atoms with Crippen LogP contribution in [0.2, 0.25) is 0 Å². The van der Waals surface area contributed by atoms with Gasteiger partial charge in [0, 0.05) is 6.61 Å². The number of rotatable bonds is 4. The predicted octanol–water partition coefficient (Wildman–Crippen LogP) is 1.14. The normalized spacial score (nSPS) is 31.5. The molecule has 1 unspecified atom stereocenters. The zero-order valence-electron chi connectivity index (χ0n) is 8.78. The third-order valence-electron chi connectivity index (χ3n) is 3.90. The topological polar surface area (TPSA) is 63.3 Å². The number of carbonyl (C=O) groups is 1. The van der Waals surface area contributed by atoms with Crippen molar-refractivity contribution in [1.29, 1.82) is 0 Å². The number of nitrogens with two attached hydrogens (primary N) is 1. The first kappa shape index (κ1) is 10.4. The number of aliphatic hydroxyl groups is 1. The maximum absolute atomic E-state index is 11.7. The van der Waals surface area contributed by atoms with Crippen LogP contribution >= 0.6 is 0 Å². The van der Waals surface area contributed by atoms with E-state index in [0.29, 0.717) is 12.8 Å². The summed E-state index contributed by atoms with van der Waals surface area (Å²) < 4.78 is 0. The highest BCUT2D eigenvalue weighted by atomic mass is 16.3. The number of carbonyl (C=O) groups excluding carboxylic acids is 1. The van der Waals surface area contributed by atoms with E-state index in [1.165, 1.54) is 0 Å². The third-order valence-corrected chi connectivity index (χ3v) is 3.90. The molecule has 2 rings (SSSR count). The molecule has 0 aromatic carbocycles. The molecule has 2 aliphatic rings. The van der Waals surface area contributed by atoms with Gasteiger partial charge in [-0.1, -0.05) is 24.3 Å². The Balaban J connectivity index is 2.31. The Kier molecular flexibility index (Phi) is 2.43. The van der Waals surface area contributed by atoms with Crippen molar-refractivity contribution in [2.45, 2.75) is 25.7 Å². The molecule has 0 aromatic heterocycles. The molecule has 1 atom stereocenters. The van der Waals surface area contributed by atoms with Gasteiger partial charge in [0.2, 0.25) is 5.91 Å². The van der Waals surface area contributed by atoms with Gasteiger partial charge in [-0.05, 0) is 31.1 Å². The maximum Gasteiger partial charge on any atom is 0.228 e. The van der Waals surface area contributed by atoms with E-state index in [4.69, 9.17) is 10.8 Å². The molecule has 2 aliphatic carbocycles. The highest BCUT2D eigenvalue weighted by molar-refractivity contribution is 5.85. The highest BCUT2D eigenvalue weighted by Gasteiger charge is 2.60. The summed E-state index contributed by atoms with van der Waals surface area (Å²) in [5.41, 5.74) is 4.93. The molecule has 0 heterocycles. The molecular weight excluding hydrogens is 190 g/mol. The molecule has 1 fully saturated rings. The second-order valence-corrected chi connectivity index (χ2v) is 4.58. The Bertz CT molecular complexity index is 329. The van der Waals surface area contributed by atoms with Gasteiger partial charge in [0.1, 0.15) is 0 Å². The fraction of sp³-hybridized carbons (Fsp3) is 0.583. The summed E-state index contributed by atoms with van der Waals surface area (Å²) in [6, 6.07) is 0. The SMILES string of the molecule is NC(=O)C1(C2(CCO)CC2)C=CC=CC1. The largest absolute Gasteiger partial charge is 0.396 e. The van der Waals surface area contributed by atoms with Crippen molar-refractivity contribution in [3.05, 3.63) is 24.3 Å². The maximum atomic E-state index is 11.7. The number of hydrogen-bond donors (Lipinski definition) is 2. The summed E-state index contributed by atoms with van der Waals surface area (Å²) in [6.07, 6.45) is 11.1. The molecule has 15 heavy (non-hydrogen) atoms. The predicted molar refractivity (Wildman–Crippen MR) is 57.9 cm³/mol. The van der Waals surface area contributed by atoms with E-state index < -0.39 is 5.41 Å². The van der Waals surface area contributed by atoms with E-state index in [9.17, 15) is 4.79 Å². The molecular formula is C12H17NO2. The van der Waals surface area contributed by atoms with Crippen LogP contribution in [0.15, 0.2) is 24.3 Å². The van der Waals surface area contributed by atoms with Gasteiger partial charge in [-0.2, -0.15) is 0 Å². The lowest BCUT2D eigenvalue weighted by molar-refractivity contribution is -0.129. The number of hydrogen-bond acceptors (Lipinski definition) is 2. The number of allylic oxidation sites excluding steroid dienone is 3. The van der Waals surface area contributed by atoms with Gasteiger partial charge in [0.25, 0.3) is 0 Å². The number of aliphatic hydroxyl groups excluding tert-OH is 1. The molecule has 0 saturated heterocycles. The van der Waals surface area contributed by atoms with Crippen LogP contribution in [0.25, 0.3) is 0 Å². The van der Waals surface area contributed by atoms with Crippen molar-refractivity contribution in [3.63, 3.8) is 0 Å². The Morgan fingerprint density at radius 1 is 1.40 bits per heavy atom. The molecule has 1 amide bonds. The summed E-state index contributed by atoms with van der Waals surface area (Å²) in [4.78, 5) is 11.7. The van der Waals surface area contributed by atoms with Crippen molar-refractivity contribution in [2.24, 2.45) is 16.6 Å². The van der Waals surface area contributed by atoms with Gasteiger partial charge in [-0.3, -0.25) is 4.79 Å². The van der Waals surface area contributed by atoms with Crippen molar-refractivity contribution in [1.82, 2.24) is 0 Å². The Labute approximate surface area is 89.7 Å². The van der Waals surface area contributed by atoms with Crippen LogP contribution in [0.5, 0.6) is 0 Å². The smallest absolute Gasteiger partial charge is 0.228 e. The fourth-order valence-electron chi connectivity index (χ4n) is 2.74. The molecule has 3 N–H and O–H groups in total. The van der Waals surface area contributed by atoms with Gasteiger partial charge in [-0.15, -0.1) is 0 Å². The second kappa shape index (κ2) is 3.49. The lowest BCUT2D eigenvalue weighted by Crippen LogP contribution is -2.43. The third kappa shape index (κ3) is 1.42. The van der Waals surface area contributed by atoms with Gasteiger partial charge >= 0.3 is 0 Å². The van der Waals surface area contributed by atoms with E-state index in [2.05, 4.69) is 0 Å². The quantitative estimate of drug-likeness (QED) is 0.726. The van der Waals surface area contributed by atoms with Gasteiger partial charge in [0.15, 0.2) is 0 Å². The van der Waals surface area contributed by atoms with E-state index in [-0.39, 0.29) is 17.9 Å². The summed E-state index contributed by atoms with van der Waals surface area (Å²) >= 11 is 0. The Morgan fingerprint density at radius 2 is 2.13 bits per heavy atom. The molecule has 3 heteroatoms. The lowest BCUT2D eigenvalue weighted by atomic mass is 9.66. The molecule has 82 valence electrons. The molecule has 1 saturated carbocycles. The summed E-state index contributed by atoms with van der Waals surface area (Å²) in [7, 11) is 0. The minimum absolute atomic E-state index is 0.0746. The standard InChI is InChI=1S/C12H17NO2/c13-10(15)12(4-2-1-3-5-12)11(6-7-11)8-9-14/h1-4,14H,5-9H2,(H2,13,15). The van der Waals surface area contributed by atoms with Gasteiger partial charge in [-0.25, -0.2) is 0 Å². The first-order valence-corrected chi connectivity index (χ1v) is 5.42. The zero-order valence-corrected chi connectivity index (χ0v) is 8.78. The molecule has 0 radical (unpaired) electrons. The molecule has 0 aliphatic heterocycles. The number of amides is 1.